The summed E-state index contributed by atoms with van der Waals surface area (Å²) in [5.74, 6) is -0.228. The second-order valence-corrected chi connectivity index (χ2v) is 6.48. The van der Waals surface area contributed by atoms with Crippen molar-refractivity contribution in [2.45, 2.75) is 31.5 Å². The van der Waals surface area contributed by atoms with E-state index in [1.807, 2.05) is 0 Å². The van der Waals surface area contributed by atoms with Gasteiger partial charge in [-0.25, -0.2) is 0 Å². The molecule has 1 amide bonds. The van der Waals surface area contributed by atoms with Crippen LogP contribution in [0.4, 0.5) is 8.78 Å². The Labute approximate surface area is 166 Å². The first-order chi connectivity index (χ1) is 12.5. The number of rotatable bonds is 6. The van der Waals surface area contributed by atoms with Crippen molar-refractivity contribution in [3.05, 3.63) is 47.2 Å². The lowest BCUT2D eigenvalue weighted by molar-refractivity contribution is -0.132. The van der Waals surface area contributed by atoms with Gasteiger partial charge in [0.15, 0.2) is 0 Å². The number of alkyl halides is 2. The molecule has 1 saturated heterocycles. The molecule has 3 rings (SSSR count). The van der Waals surface area contributed by atoms with Crippen LogP contribution < -0.4 is 15.4 Å². The first-order valence-corrected chi connectivity index (χ1v) is 8.61. The summed E-state index contributed by atoms with van der Waals surface area (Å²) in [7, 11) is 0. The van der Waals surface area contributed by atoms with Crippen molar-refractivity contribution in [2.75, 3.05) is 13.1 Å². The van der Waals surface area contributed by atoms with Crippen LogP contribution in [0.15, 0.2) is 36.7 Å². The van der Waals surface area contributed by atoms with E-state index in [9.17, 15) is 13.6 Å². The number of nitrogens with zero attached hydrogens (tertiary/aromatic N) is 2. The summed E-state index contributed by atoms with van der Waals surface area (Å²) in [5, 5.41) is 10.7. The minimum Gasteiger partial charge on any atom is -0.434 e. The molecule has 0 atom stereocenters. The number of ether oxygens (including phenoxy) is 1. The van der Waals surface area contributed by atoms with Gasteiger partial charge in [0, 0.05) is 29.5 Å². The van der Waals surface area contributed by atoms with Crippen LogP contribution in [0, 0.1) is 0 Å². The Balaban J connectivity index is 0.00000261. The monoisotopic (exact) mass is 420 g/mol. The molecule has 2 N–H and O–H groups in total. The first-order valence-electron chi connectivity index (χ1n) is 8.24. The van der Waals surface area contributed by atoms with Gasteiger partial charge in [-0.1, -0.05) is 11.6 Å². The van der Waals surface area contributed by atoms with Crippen molar-refractivity contribution in [2.24, 2.45) is 0 Å². The quantitative estimate of drug-likeness (QED) is 0.753. The average molecular weight is 421 g/mol. The molecule has 1 aliphatic rings. The van der Waals surface area contributed by atoms with E-state index < -0.39 is 12.2 Å². The van der Waals surface area contributed by atoms with Gasteiger partial charge >= 0.3 is 6.61 Å². The topological polar surface area (TPSA) is 68.2 Å². The van der Waals surface area contributed by atoms with Gasteiger partial charge in [-0.2, -0.15) is 13.9 Å². The van der Waals surface area contributed by atoms with E-state index in [1.54, 1.807) is 23.1 Å². The van der Waals surface area contributed by atoms with Crippen LogP contribution in [-0.4, -0.2) is 35.4 Å². The van der Waals surface area contributed by atoms with Gasteiger partial charge in [-0.3, -0.25) is 9.48 Å². The second kappa shape index (κ2) is 9.34. The maximum absolute atomic E-state index is 13.0. The number of aromatic nitrogens is 2. The molecule has 1 fully saturated rings. The van der Waals surface area contributed by atoms with Gasteiger partial charge in [0.25, 0.3) is 0 Å². The molecule has 0 unspecified atom stereocenters. The van der Waals surface area contributed by atoms with Gasteiger partial charge in [0.05, 0.1) is 0 Å². The molecule has 1 aromatic carbocycles. The smallest absolute Gasteiger partial charge is 0.387 e. The fourth-order valence-electron chi connectivity index (χ4n) is 3.16. The van der Waals surface area contributed by atoms with Gasteiger partial charge in [0.2, 0.25) is 5.91 Å². The molecular formula is C17H20Cl2F2N4O2. The van der Waals surface area contributed by atoms with E-state index in [-0.39, 0.29) is 30.6 Å². The Morgan fingerprint density at radius 1 is 1.41 bits per heavy atom. The number of amides is 1. The molecular weight excluding hydrogens is 401 g/mol. The molecule has 2 heterocycles. The van der Waals surface area contributed by atoms with Gasteiger partial charge in [0.1, 0.15) is 11.3 Å². The lowest BCUT2D eigenvalue weighted by atomic mass is 9.87. The van der Waals surface area contributed by atoms with Gasteiger partial charge < -0.3 is 15.4 Å². The number of hydrogen-bond acceptors (Lipinski definition) is 4. The number of nitrogens with one attached hydrogen (secondary N) is 2. The highest BCUT2D eigenvalue weighted by Gasteiger charge is 2.41. The van der Waals surface area contributed by atoms with E-state index in [2.05, 4.69) is 20.5 Å². The van der Waals surface area contributed by atoms with E-state index in [0.717, 1.165) is 0 Å². The van der Waals surface area contributed by atoms with Crippen LogP contribution >= 0.6 is 24.0 Å². The Kier molecular flexibility index (Phi) is 7.41. The summed E-state index contributed by atoms with van der Waals surface area (Å²) >= 11 is 5.95. The Morgan fingerprint density at radius 2 is 2.15 bits per heavy atom. The summed E-state index contributed by atoms with van der Waals surface area (Å²) in [6.07, 6.45) is 4.55. The van der Waals surface area contributed by atoms with Crippen LogP contribution in [0.3, 0.4) is 0 Å². The van der Waals surface area contributed by atoms with Crippen LogP contribution in [0.1, 0.15) is 18.4 Å². The molecule has 0 spiro atoms. The lowest BCUT2D eigenvalue weighted by Gasteiger charge is -2.36. The van der Waals surface area contributed by atoms with E-state index in [4.69, 9.17) is 11.6 Å². The van der Waals surface area contributed by atoms with E-state index in [1.165, 1.54) is 18.2 Å². The molecule has 0 aliphatic carbocycles. The highest BCUT2D eigenvalue weighted by molar-refractivity contribution is 6.30. The number of benzene rings is 1. The molecule has 6 nitrogen and oxygen atoms in total. The maximum Gasteiger partial charge on any atom is 0.387 e. The van der Waals surface area contributed by atoms with Crippen LogP contribution in [0.25, 0.3) is 0 Å². The summed E-state index contributed by atoms with van der Waals surface area (Å²) < 4.78 is 31.3. The zero-order chi connectivity index (χ0) is 18.6. The predicted octanol–water partition coefficient (Wildman–Crippen LogP) is 2.95. The molecule has 2 aromatic rings. The second-order valence-electron chi connectivity index (χ2n) is 6.05. The van der Waals surface area contributed by atoms with Crippen molar-refractivity contribution in [3.63, 3.8) is 0 Å². The van der Waals surface area contributed by atoms with Gasteiger partial charge in [-0.15, -0.1) is 12.4 Å². The number of halogens is 4. The third-order valence-electron chi connectivity index (χ3n) is 4.47. The van der Waals surface area contributed by atoms with Crippen molar-refractivity contribution in [3.8, 4) is 5.75 Å². The first kappa shape index (κ1) is 21.4. The number of carbonyl (C=O) groups excluding carboxylic acids is 1. The minimum atomic E-state index is -2.95. The highest BCUT2D eigenvalue weighted by Crippen LogP contribution is 2.28. The minimum absolute atomic E-state index is 0. The highest BCUT2D eigenvalue weighted by atomic mass is 35.5. The third kappa shape index (κ3) is 4.88. The standard InChI is InChI=1S/C17H19ClF2N4O2.ClH/c18-13-2-3-14(26-16(19)20)12(10-13)11-22-15(25)17(4-7-21-8-5-17)24-9-1-6-23-24;/h1-3,6,9-10,16,21H,4-5,7-8,11H2,(H,22,25);1H. The fraction of sp³-hybridized carbons (Fsp3) is 0.412. The van der Waals surface area contributed by atoms with E-state index in [0.29, 0.717) is 36.5 Å². The summed E-state index contributed by atoms with van der Waals surface area (Å²) in [4.78, 5) is 13.0. The van der Waals surface area contributed by atoms with Gasteiger partial charge in [-0.05, 0) is 50.2 Å². The van der Waals surface area contributed by atoms with Crippen LogP contribution in [0.2, 0.25) is 5.02 Å². The molecule has 10 heteroatoms. The number of hydrogen-bond donors (Lipinski definition) is 2. The zero-order valence-corrected chi connectivity index (χ0v) is 15.9. The Morgan fingerprint density at radius 3 is 2.78 bits per heavy atom. The van der Waals surface area contributed by atoms with Crippen molar-refractivity contribution >= 4 is 29.9 Å². The van der Waals surface area contributed by atoms with E-state index >= 15 is 0 Å². The largest absolute Gasteiger partial charge is 0.434 e. The summed E-state index contributed by atoms with van der Waals surface area (Å²) in [6.45, 7) is -1.56. The number of carbonyl (C=O) groups is 1. The predicted molar refractivity (Wildman–Crippen MR) is 99.5 cm³/mol. The third-order valence-corrected chi connectivity index (χ3v) is 4.71. The normalized spacial score (nSPS) is 15.9. The Bertz CT molecular complexity index is 753. The molecule has 27 heavy (non-hydrogen) atoms. The average Bonchev–Trinajstić information content (AvgIpc) is 3.17. The molecule has 0 bridgehead atoms. The molecule has 1 aliphatic heterocycles. The Hall–Kier alpha value is -1.90. The summed E-state index contributed by atoms with van der Waals surface area (Å²) in [5.41, 5.74) is -0.424. The SMILES string of the molecule is Cl.O=C(NCc1cc(Cl)ccc1OC(F)F)C1(n2cccn2)CCNCC1. The molecule has 148 valence electrons. The molecule has 0 saturated carbocycles. The molecule has 0 radical (unpaired) electrons. The van der Waals surface area contributed by atoms with Crippen molar-refractivity contribution in [1.82, 2.24) is 20.4 Å². The van der Waals surface area contributed by atoms with Crippen molar-refractivity contribution < 1.29 is 18.3 Å². The zero-order valence-electron chi connectivity index (χ0n) is 14.3. The maximum atomic E-state index is 13.0. The van der Waals surface area contributed by atoms with Crippen molar-refractivity contribution in [1.29, 1.82) is 0 Å². The lowest BCUT2D eigenvalue weighted by Crippen LogP contribution is -2.54. The van der Waals surface area contributed by atoms with Crippen LogP contribution in [-0.2, 0) is 16.9 Å². The number of piperidine rings is 1. The fourth-order valence-corrected chi connectivity index (χ4v) is 3.35. The van der Waals surface area contributed by atoms with Crippen LogP contribution in [0.5, 0.6) is 5.75 Å². The molecule has 1 aromatic heterocycles. The summed E-state index contributed by atoms with van der Waals surface area (Å²) in [6, 6.07) is 6.09.